The van der Waals surface area contributed by atoms with Crippen LogP contribution in [0.25, 0.3) is 11.0 Å². The van der Waals surface area contributed by atoms with Gasteiger partial charge in [-0.1, -0.05) is 31.9 Å². The lowest BCUT2D eigenvalue weighted by atomic mass is 10.0. The van der Waals surface area contributed by atoms with Crippen molar-refractivity contribution < 1.29 is 9.50 Å². The molecule has 1 unspecified atom stereocenters. The lowest BCUT2D eigenvalue weighted by molar-refractivity contribution is 0.214. The fourth-order valence-electron chi connectivity index (χ4n) is 2.17. The summed E-state index contributed by atoms with van der Waals surface area (Å²) < 4.78 is 15.1. The number of hydrogen-bond acceptors (Lipinski definition) is 2. The number of aromatic amines is 2. The first-order valence-electron chi connectivity index (χ1n) is 6.00. The monoisotopic (exact) mass is 414 g/mol. The molecule has 0 aliphatic heterocycles. The Labute approximate surface area is 135 Å². The van der Waals surface area contributed by atoms with E-state index in [9.17, 15) is 14.3 Å². The topological polar surface area (TPSA) is 68.9 Å². The Balaban J connectivity index is 2.16. The highest BCUT2D eigenvalue weighted by Crippen LogP contribution is 2.33. The maximum Gasteiger partial charge on any atom is 0.323 e. The molecular weight excluding hydrogens is 407 g/mol. The average Bonchev–Trinajstić information content (AvgIpc) is 2.79. The van der Waals surface area contributed by atoms with Crippen LogP contribution in [0.1, 0.15) is 17.2 Å². The average molecular weight is 416 g/mol. The molecule has 0 aliphatic rings. The quantitative estimate of drug-likeness (QED) is 0.598. The number of aliphatic hydroxyl groups is 1. The predicted molar refractivity (Wildman–Crippen MR) is 84.8 cm³/mol. The van der Waals surface area contributed by atoms with E-state index in [0.29, 0.717) is 25.5 Å². The zero-order chi connectivity index (χ0) is 15.1. The lowest BCUT2D eigenvalue weighted by Gasteiger charge is -2.14. The first-order chi connectivity index (χ1) is 9.95. The second-order valence-electron chi connectivity index (χ2n) is 4.57. The minimum atomic E-state index is -1.15. The molecule has 1 aromatic heterocycles. The normalized spacial score (nSPS) is 12.8. The molecule has 1 atom stereocenters. The van der Waals surface area contributed by atoms with E-state index in [1.165, 1.54) is 12.1 Å². The second-order valence-corrected chi connectivity index (χ2v) is 6.34. The van der Waals surface area contributed by atoms with Gasteiger partial charge in [0.25, 0.3) is 0 Å². The smallest absolute Gasteiger partial charge is 0.323 e. The van der Waals surface area contributed by atoms with Crippen molar-refractivity contribution in [1.82, 2.24) is 9.97 Å². The van der Waals surface area contributed by atoms with Gasteiger partial charge in [0, 0.05) is 20.1 Å². The van der Waals surface area contributed by atoms with Gasteiger partial charge in [-0.05, 0) is 30.3 Å². The van der Waals surface area contributed by atoms with E-state index in [2.05, 4.69) is 41.8 Å². The molecule has 0 aliphatic carbocycles. The zero-order valence-electron chi connectivity index (χ0n) is 10.5. The molecule has 1 heterocycles. The van der Waals surface area contributed by atoms with Gasteiger partial charge >= 0.3 is 5.69 Å². The fourth-order valence-corrected chi connectivity index (χ4v) is 3.11. The largest absolute Gasteiger partial charge is 0.384 e. The van der Waals surface area contributed by atoms with Crippen LogP contribution in [0.2, 0.25) is 0 Å². The number of rotatable bonds is 2. The second kappa shape index (κ2) is 5.40. The minimum Gasteiger partial charge on any atom is -0.384 e. The molecule has 3 aromatic rings. The number of H-pyrrole nitrogens is 2. The van der Waals surface area contributed by atoms with E-state index in [1.54, 1.807) is 18.2 Å². The van der Waals surface area contributed by atoms with Crippen LogP contribution in [-0.2, 0) is 0 Å². The van der Waals surface area contributed by atoms with Crippen molar-refractivity contribution in [3.05, 3.63) is 66.7 Å². The molecule has 0 bridgehead atoms. The van der Waals surface area contributed by atoms with Crippen LogP contribution in [0.15, 0.2) is 44.1 Å². The van der Waals surface area contributed by atoms with Gasteiger partial charge in [-0.15, -0.1) is 0 Å². The third kappa shape index (κ3) is 2.68. The molecule has 21 heavy (non-hydrogen) atoms. The van der Waals surface area contributed by atoms with E-state index < -0.39 is 11.9 Å². The highest BCUT2D eigenvalue weighted by Gasteiger charge is 2.19. The van der Waals surface area contributed by atoms with Crippen LogP contribution in [0.4, 0.5) is 4.39 Å². The Morgan fingerprint density at radius 2 is 1.71 bits per heavy atom. The van der Waals surface area contributed by atoms with Crippen LogP contribution in [-0.4, -0.2) is 15.1 Å². The number of nitrogens with one attached hydrogen (secondary N) is 2. The molecule has 108 valence electrons. The number of aromatic nitrogens is 2. The van der Waals surface area contributed by atoms with Crippen molar-refractivity contribution in [3.63, 3.8) is 0 Å². The van der Waals surface area contributed by atoms with Gasteiger partial charge in [-0.25, -0.2) is 9.18 Å². The maximum absolute atomic E-state index is 13.9. The summed E-state index contributed by atoms with van der Waals surface area (Å²) in [6.07, 6.45) is -1.15. The number of halogens is 3. The predicted octanol–water partition coefficient (Wildman–Crippen LogP) is 3.60. The summed E-state index contributed by atoms with van der Waals surface area (Å²) in [6.45, 7) is 0. The Morgan fingerprint density at radius 3 is 2.43 bits per heavy atom. The number of fused-ring (bicyclic) bond motifs is 1. The van der Waals surface area contributed by atoms with E-state index in [-0.39, 0.29) is 11.3 Å². The van der Waals surface area contributed by atoms with Crippen molar-refractivity contribution >= 4 is 42.9 Å². The SMILES string of the molecule is O=c1[nH]c2cc(Br)c(C(O)c3cc(Br)ccc3F)cc2[nH]1. The number of imidazole rings is 1. The summed E-state index contributed by atoms with van der Waals surface area (Å²) >= 11 is 6.59. The van der Waals surface area contributed by atoms with Gasteiger partial charge in [0.05, 0.1) is 11.0 Å². The first-order valence-corrected chi connectivity index (χ1v) is 7.59. The molecule has 0 amide bonds. The Morgan fingerprint density at radius 1 is 1.05 bits per heavy atom. The van der Waals surface area contributed by atoms with Gasteiger partial charge in [0.15, 0.2) is 0 Å². The Kier molecular flexibility index (Phi) is 3.73. The molecule has 7 heteroatoms. The molecule has 2 aromatic carbocycles. The summed E-state index contributed by atoms with van der Waals surface area (Å²) in [5.41, 5.74) is 1.44. The van der Waals surface area contributed by atoms with Crippen LogP contribution in [0, 0.1) is 5.82 Å². The summed E-state index contributed by atoms with van der Waals surface area (Å²) in [4.78, 5) is 16.5. The Bertz CT molecular complexity index is 888. The van der Waals surface area contributed by atoms with Gasteiger partial charge in [-0.2, -0.15) is 0 Å². The zero-order valence-corrected chi connectivity index (χ0v) is 13.6. The van der Waals surface area contributed by atoms with Crippen LogP contribution in [0.5, 0.6) is 0 Å². The number of hydrogen-bond donors (Lipinski definition) is 3. The molecule has 0 spiro atoms. The van der Waals surface area contributed by atoms with Crippen molar-refractivity contribution in [2.75, 3.05) is 0 Å². The van der Waals surface area contributed by atoms with E-state index in [4.69, 9.17) is 0 Å². The fraction of sp³-hybridized carbons (Fsp3) is 0.0714. The van der Waals surface area contributed by atoms with Crippen LogP contribution in [0.3, 0.4) is 0 Å². The lowest BCUT2D eigenvalue weighted by Crippen LogP contribution is -2.04. The number of aliphatic hydroxyl groups excluding tert-OH is 1. The van der Waals surface area contributed by atoms with Crippen LogP contribution < -0.4 is 5.69 Å². The van der Waals surface area contributed by atoms with Crippen molar-refractivity contribution in [2.24, 2.45) is 0 Å². The number of benzene rings is 2. The third-order valence-electron chi connectivity index (χ3n) is 3.18. The molecule has 0 saturated heterocycles. The summed E-state index contributed by atoms with van der Waals surface area (Å²) in [7, 11) is 0. The molecule has 0 fully saturated rings. The summed E-state index contributed by atoms with van der Waals surface area (Å²) in [6, 6.07) is 7.65. The third-order valence-corrected chi connectivity index (χ3v) is 4.36. The van der Waals surface area contributed by atoms with Gasteiger partial charge in [0.2, 0.25) is 0 Å². The summed E-state index contributed by atoms with van der Waals surface area (Å²) in [5.74, 6) is -0.500. The van der Waals surface area contributed by atoms with Crippen LogP contribution >= 0.6 is 31.9 Å². The highest BCUT2D eigenvalue weighted by molar-refractivity contribution is 9.10. The first kappa shape index (κ1) is 14.5. The van der Waals surface area contributed by atoms with E-state index in [1.807, 2.05) is 0 Å². The standard InChI is InChI=1S/C14H9Br2FN2O2/c15-6-1-2-10(17)8(3-6)13(20)7-4-11-12(5-9(7)16)19-14(21)18-11/h1-5,13,20H,(H2,18,19,21). The van der Waals surface area contributed by atoms with Gasteiger partial charge in [0.1, 0.15) is 11.9 Å². The molecule has 0 saturated carbocycles. The molecule has 3 N–H and O–H groups in total. The van der Waals surface area contributed by atoms with E-state index in [0.717, 1.165) is 0 Å². The Hall–Kier alpha value is -1.44. The molecular formula is C14H9Br2FN2O2. The van der Waals surface area contributed by atoms with Gasteiger partial charge < -0.3 is 15.1 Å². The van der Waals surface area contributed by atoms with Crippen molar-refractivity contribution in [1.29, 1.82) is 0 Å². The molecule has 0 radical (unpaired) electrons. The van der Waals surface area contributed by atoms with Crippen molar-refractivity contribution in [3.8, 4) is 0 Å². The summed E-state index contributed by atoms with van der Waals surface area (Å²) in [5, 5.41) is 10.5. The van der Waals surface area contributed by atoms with Gasteiger partial charge in [-0.3, -0.25) is 0 Å². The minimum absolute atomic E-state index is 0.155. The van der Waals surface area contributed by atoms with Crippen molar-refractivity contribution in [2.45, 2.75) is 6.10 Å². The molecule has 4 nitrogen and oxygen atoms in total. The van der Waals surface area contributed by atoms with E-state index >= 15 is 0 Å². The molecule has 3 rings (SSSR count). The highest BCUT2D eigenvalue weighted by atomic mass is 79.9. The maximum atomic E-state index is 13.9.